The Morgan fingerprint density at radius 1 is 1.00 bits per heavy atom. The average Bonchev–Trinajstić information content (AvgIpc) is 3.28. The summed E-state index contributed by atoms with van der Waals surface area (Å²) in [6, 6.07) is 16.8. The summed E-state index contributed by atoms with van der Waals surface area (Å²) in [5.74, 6) is -1.29. The Morgan fingerprint density at radius 3 is 2.37 bits per heavy atom. The Balaban J connectivity index is 1.39. The van der Waals surface area contributed by atoms with Crippen molar-refractivity contribution in [1.82, 2.24) is 14.9 Å². The van der Waals surface area contributed by atoms with Crippen molar-refractivity contribution >= 4 is 40.4 Å². The minimum Gasteiger partial charge on any atom is -0.478 e. The van der Waals surface area contributed by atoms with E-state index in [-0.39, 0.29) is 11.8 Å². The maximum atomic E-state index is 13.5. The number of hydrogen-bond donors (Lipinski definition) is 3. The molecule has 222 valence electrons. The van der Waals surface area contributed by atoms with E-state index in [0.29, 0.717) is 22.7 Å². The normalized spacial score (nSPS) is 14.2. The van der Waals surface area contributed by atoms with Gasteiger partial charge in [-0.3, -0.25) is 14.6 Å². The standard InChI is InChI=1S/C35H38N4O4/c1-22-10-14-26(21-36-22)32-31(24-8-6-5-7-9-24)28-18-15-25(20-29(28)39(32)4)33(42)38-35(2,3)34(43)37-27-16-11-23(12-17-27)13-19-30(40)41/h10-21,24H,5-9H2,1-4H3,(H,37,43)(H,38,42)(H,40,41)/b19-13+. The van der Waals surface area contributed by atoms with Gasteiger partial charge in [0.15, 0.2) is 0 Å². The van der Waals surface area contributed by atoms with Crippen LogP contribution >= 0.6 is 0 Å². The molecule has 0 aliphatic heterocycles. The van der Waals surface area contributed by atoms with Gasteiger partial charge in [0.1, 0.15) is 5.54 Å². The number of benzene rings is 2. The Morgan fingerprint density at radius 2 is 1.72 bits per heavy atom. The van der Waals surface area contributed by atoms with Crippen molar-refractivity contribution in [3.05, 3.63) is 89.3 Å². The molecule has 2 amide bonds. The molecule has 4 aromatic rings. The molecular weight excluding hydrogens is 540 g/mol. The zero-order valence-electron chi connectivity index (χ0n) is 25.1. The summed E-state index contributed by atoms with van der Waals surface area (Å²) in [6.45, 7) is 5.31. The van der Waals surface area contributed by atoms with Crippen LogP contribution in [-0.4, -0.2) is 38.0 Å². The summed E-state index contributed by atoms with van der Waals surface area (Å²) in [5, 5.41) is 15.7. The van der Waals surface area contributed by atoms with Gasteiger partial charge < -0.3 is 20.3 Å². The minimum atomic E-state index is -1.20. The molecule has 0 unspecified atom stereocenters. The molecule has 0 atom stereocenters. The van der Waals surface area contributed by atoms with Crippen LogP contribution in [0.3, 0.4) is 0 Å². The zero-order chi connectivity index (χ0) is 30.7. The molecule has 8 heteroatoms. The van der Waals surface area contributed by atoms with E-state index in [1.54, 1.807) is 38.1 Å². The van der Waals surface area contributed by atoms with Gasteiger partial charge in [0.25, 0.3) is 5.91 Å². The third kappa shape index (κ3) is 6.53. The number of rotatable bonds is 8. The number of carbonyl (C=O) groups is 3. The zero-order valence-corrected chi connectivity index (χ0v) is 25.1. The van der Waals surface area contributed by atoms with Crippen molar-refractivity contribution < 1.29 is 19.5 Å². The number of carboxylic acids is 1. The van der Waals surface area contributed by atoms with Crippen LogP contribution in [0.15, 0.2) is 66.9 Å². The summed E-state index contributed by atoms with van der Waals surface area (Å²) in [5.41, 5.74) is 6.01. The first-order valence-corrected chi connectivity index (χ1v) is 14.7. The third-order valence-electron chi connectivity index (χ3n) is 8.28. The summed E-state index contributed by atoms with van der Waals surface area (Å²) < 4.78 is 2.18. The van der Waals surface area contributed by atoms with Gasteiger partial charge in [-0.2, -0.15) is 0 Å². The molecule has 0 bridgehead atoms. The monoisotopic (exact) mass is 578 g/mol. The molecule has 0 radical (unpaired) electrons. The highest BCUT2D eigenvalue weighted by molar-refractivity contribution is 6.05. The first-order valence-electron chi connectivity index (χ1n) is 14.7. The Hall–Kier alpha value is -4.72. The maximum Gasteiger partial charge on any atom is 0.328 e. The van der Waals surface area contributed by atoms with Crippen molar-refractivity contribution in [1.29, 1.82) is 0 Å². The first-order chi connectivity index (χ1) is 20.5. The van der Waals surface area contributed by atoms with Gasteiger partial charge in [-0.15, -0.1) is 0 Å². The number of nitrogens with one attached hydrogen (secondary N) is 2. The van der Waals surface area contributed by atoms with Crippen LogP contribution in [-0.2, 0) is 16.6 Å². The molecule has 1 aliphatic rings. The Labute approximate surface area is 251 Å². The van der Waals surface area contributed by atoms with Crippen LogP contribution < -0.4 is 10.6 Å². The molecule has 2 heterocycles. The first kappa shape index (κ1) is 29.8. The second-order valence-corrected chi connectivity index (χ2v) is 11.9. The number of aromatic nitrogens is 2. The van der Waals surface area contributed by atoms with Crippen molar-refractivity contribution in [2.24, 2.45) is 7.05 Å². The van der Waals surface area contributed by atoms with E-state index >= 15 is 0 Å². The number of nitrogens with zero attached hydrogens (tertiary/aromatic N) is 2. The van der Waals surface area contributed by atoms with Crippen molar-refractivity contribution in [3.63, 3.8) is 0 Å². The molecule has 2 aromatic heterocycles. The lowest BCUT2D eigenvalue weighted by Gasteiger charge is -2.25. The number of pyridine rings is 1. The molecule has 0 spiro atoms. The van der Waals surface area contributed by atoms with Crippen LogP contribution in [0.2, 0.25) is 0 Å². The lowest BCUT2D eigenvalue weighted by atomic mass is 9.82. The number of amides is 2. The molecule has 43 heavy (non-hydrogen) atoms. The SMILES string of the molecule is Cc1ccc(-c2c(C3CCCCC3)c3ccc(C(=O)NC(C)(C)C(=O)Nc4ccc(/C=C/C(=O)O)cc4)cc3n2C)cn1. The summed E-state index contributed by atoms with van der Waals surface area (Å²) in [6.07, 6.45) is 10.5. The molecule has 2 aromatic carbocycles. The summed E-state index contributed by atoms with van der Waals surface area (Å²) in [4.78, 5) is 41.9. The second kappa shape index (κ2) is 12.3. The van der Waals surface area contributed by atoms with Gasteiger partial charge in [-0.25, -0.2) is 4.79 Å². The van der Waals surface area contributed by atoms with Crippen molar-refractivity contribution in [2.75, 3.05) is 5.32 Å². The van der Waals surface area contributed by atoms with Crippen molar-refractivity contribution in [3.8, 4) is 11.3 Å². The number of aryl methyl sites for hydroxylation is 2. The van der Waals surface area contributed by atoms with E-state index in [4.69, 9.17) is 5.11 Å². The van der Waals surface area contributed by atoms with Crippen LogP contribution in [0, 0.1) is 6.92 Å². The molecule has 8 nitrogen and oxygen atoms in total. The van der Waals surface area contributed by atoms with E-state index in [1.807, 2.05) is 44.4 Å². The highest BCUT2D eigenvalue weighted by Crippen LogP contribution is 2.43. The molecule has 1 saturated carbocycles. The van der Waals surface area contributed by atoms with Gasteiger partial charge in [-0.05, 0) is 93.1 Å². The molecule has 3 N–H and O–H groups in total. The largest absolute Gasteiger partial charge is 0.478 e. The molecule has 1 aliphatic carbocycles. The topological polar surface area (TPSA) is 113 Å². The number of fused-ring (bicyclic) bond motifs is 1. The van der Waals surface area contributed by atoms with Crippen LogP contribution in [0.5, 0.6) is 0 Å². The van der Waals surface area contributed by atoms with Crippen LogP contribution in [0.4, 0.5) is 5.69 Å². The minimum absolute atomic E-state index is 0.338. The maximum absolute atomic E-state index is 13.5. The second-order valence-electron chi connectivity index (χ2n) is 11.9. The summed E-state index contributed by atoms with van der Waals surface area (Å²) >= 11 is 0. The highest BCUT2D eigenvalue weighted by Gasteiger charge is 2.31. The number of carboxylic acid groups (broad SMARTS) is 1. The van der Waals surface area contributed by atoms with Gasteiger partial charge in [0.05, 0.1) is 5.69 Å². The summed E-state index contributed by atoms with van der Waals surface area (Å²) in [7, 11) is 2.05. The Kier molecular flexibility index (Phi) is 8.48. The fourth-order valence-corrected chi connectivity index (χ4v) is 5.91. The fourth-order valence-electron chi connectivity index (χ4n) is 5.91. The predicted octanol–water partition coefficient (Wildman–Crippen LogP) is 6.84. The van der Waals surface area contributed by atoms with Gasteiger partial charge in [-0.1, -0.05) is 37.5 Å². The van der Waals surface area contributed by atoms with E-state index < -0.39 is 11.5 Å². The van der Waals surface area contributed by atoms with E-state index in [1.165, 1.54) is 30.9 Å². The smallest absolute Gasteiger partial charge is 0.328 e. The molecule has 0 saturated heterocycles. The molecule has 5 rings (SSSR count). The van der Waals surface area contributed by atoms with Crippen molar-refractivity contribution in [2.45, 2.75) is 64.3 Å². The average molecular weight is 579 g/mol. The van der Waals surface area contributed by atoms with E-state index in [9.17, 15) is 14.4 Å². The highest BCUT2D eigenvalue weighted by atomic mass is 16.4. The lowest BCUT2D eigenvalue weighted by Crippen LogP contribution is -2.52. The van der Waals surface area contributed by atoms with Gasteiger partial charge >= 0.3 is 5.97 Å². The fraction of sp³-hybridized carbons (Fsp3) is 0.314. The van der Waals surface area contributed by atoms with E-state index in [0.717, 1.165) is 46.8 Å². The number of hydrogen-bond acceptors (Lipinski definition) is 4. The quantitative estimate of drug-likeness (QED) is 0.198. The number of carbonyl (C=O) groups excluding carboxylic acids is 2. The Bertz CT molecular complexity index is 1690. The number of anilines is 1. The van der Waals surface area contributed by atoms with Crippen LogP contribution in [0.25, 0.3) is 28.2 Å². The lowest BCUT2D eigenvalue weighted by molar-refractivity contribution is -0.131. The van der Waals surface area contributed by atoms with Crippen LogP contribution in [0.1, 0.15) is 79.0 Å². The molecular formula is C35H38N4O4. The van der Waals surface area contributed by atoms with Gasteiger partial charge in [0.2, 0.25) is 5.91 Å². The third-order valence-corrected chi connectivity index (χ3v) is 8.28. The van der Waals surface area contributed by atoms with E-state index in [2.05, 4.69) is 26.3 Å². The number of aliphatic carboxylic acids is 1. The predicted molar refractivity (Wildman–Crippen MR) is 170 cm³/mol. The van der Waals surface area contributed by atoms with Gasteiger partial charge in [0, 0.05) is 52.7 Å². The molecule has 1 fully saturated rings.